The third-order valence-electron chi connectivity index (χ3n) is 5.44. The van der Waals surface area contributed by atoms with Crippen LogP contribution < -0.4 is 4.72 Å². The van der Waals surface area contributed by atoms with E-state index < -0.39 is 14.8 Å². The summed E-state index contributed by atoms with van der Waals surface area (Å²) >= 11 is 1.59. The van der Waals surface area contributed by atoms with Gasteiger partial charge in [0.2, 0.25) is 10.0 Å². The Morgan fingerprint density at radius 2 is 1.93 bits per heavy atom. The van der Waals surface area contributed by atoms with Crippen LogP contribution in [0.5, 0.6) is 0 Å². The molecule has 3 aromatic heterocycles. The minimum atomic E-state index is -3.30. The van der Waals surface area contributed by atoms with E-state index in [0.29, 0.717) is 5.92 Å². The zero-order chi connectivity index (χ0) is 19.9. The van der Waals surface area contributed by atoms with Crippen LogP contribution in [0, 0.1) is 0 Å². The number of pyridine rings is 1. The number of hydrogen-bond donors (Lipinski definition) is 2. The molecule has 1 fully saturated rings. The molecular weight excluding hydrogens is 392 g/mol. The second kappa shape index (κ2) is 7.24. The molecule has 1 aliphatic rings. The summed E-state index contributed by atoms with van der Waals surface area (Å²) in [5, 5.41) is 2.88. The normalized spacial score (nSPS) is 21.2. The Morgan fingerprint density at radius 1 is 1.18 bits per heavy atom. The molecule has 28 heavy (non-hydrogen) atoms. The Labute approximate surface area is 169 Å². The smallest absolute Gasteiger partial charge is 0.216 e. The fourth-order valence-electron chi connectivity index (χ4n) is 3.64. The molecule has 3 aromatic rings. The highest BCUT2D eigenvalue weighted by molar-refractivity contribution is 7.90. The van der Waals surface area contributed by atoms with Crippen LogP contribution in [-0.2, 0) is 10.0 Å². The Kier molecular flexibility index (Phi) is 5.05. The molecule has 0 atom stereocenters. The van der Waals surface area contributed by atoms with Gasteiger partial charge in [0, 0.05) is 23.3 Å². The second-order valence-corrected chi connectivity index (χ2v) is 11.8. The molecule has 0 saturated heterocycles. The standard InChI is InChI=1S/C20H26N4O2S2/c1-20(2,3)28(25,26)24-14-6-4-13(5-7-14)17-12-18-15(22-17)8-9-16(23-18)19-21-10-11-27-19/h8-14,22,24H,4-7H2,1-3H3/t13-,14-. The van der Waals surface area contributed by atoms with E-state index in [9.17, 15) is 8.42 Å². The molecule has 0 unspecified atom stereocenters. The van der Waals surface area contributed by atoms with E-state index in [4.69, 9.17) is 4.98 Å². The number of aromatic amines is 1. The molecule has 0 amide bonds. The molecule has 0 aliphatic heterocycles. The van der Waals surface area contributed by atoms with Gasteiger partial charge in [-0.15, -0.1) is 11.3 Å². The number of hydrogen-bond acceptors (Lipinski definition) is 5. The molecule has 2 N–H and O–H groups in total. The number of nitrogens with one attached hydrogen (secondary N) is 2. The van der Waals surface area contributed by atoms with Crippen molar-refractivity contribution in [1.29, 1.82) is 0 Å². The van der Waals surface area contributed by atoms with Crippen LogP contribution in [-0.4, -0.2) is 34.2 Å². The molecular formula is C20H26N4O2S2. The molecule has 0 radical (unpaired) electrons. The van der Waals surface area contributed by atoms with Crippen LogP contribution in [0.4, 0.5) is 0 Å². The summed E-state index contributed by atoms with van der Waals surface area (Å²) in [6.07, 6.45) is 5.42. The molecule has 4 rings (SSSR count). The molecule has 1 saturated carbocycles. The Hall–Kier alpha value is -1.77. The molecule has 0 aromatic carbocycles. The van der Waals surface area contributed by atoms with Gasteiger partial charge in [-0.05, 0) is 70.6 Å². The maximum Gasteiger partial charge on any atom is 0.216 e. The van der Waals surface area contributed by atoms with Gasteiger partial charge in [-0.3, -0.25) is 0 Å². The minimum Gasteiger partial charge on any atom is -0.357 e. The van der Waals surface area contributed by atoms with Gasteiger partial charge < -0.3 is 4.98 Å². The van der Waals surface area contributed by atoms with Crippen molar-refractivity contribution in [2.75, 3.05) is 0 Å². The first kappa shape index (κ1) is 19.5. The van der Waals surface area contributed by atoms with Crippen molar-refractivity contribution in [3.05, 3.63) is 35.5 Å². The number of nitrogens with zero attached hydrogens (tertiary/aromatic N) is 2. The largest absolute Gasteiger partial charge is 0.357 e. The fourth-order valence-corrected chi connectivity index (χ4v) is 5.27. The first-order valence-corrected chi connectivity index (χ1v) is 12.0. The van der Waals surface area contributed by atoms with Crippen molar-refractivity contribution in [3.63, 3.8) is 0 Å². The van der Waals surface area contributed by atoms with Crippen LogP contribution in [0.3, 0.4) is 0 Å². The van der Waals surface area contributed by atoms with E-state index in [1.807, 2.05) is 11.4 Å². The summed E-state index contributed by atoms with van der Waals surface area (Å²) < 4.78 is 26.9. The monoisotopic (exact) mass is 418 g/mol. The lowest BCUT2D eigenvalue weighted by Gasteiger charge is -2.31. The van der Waals surface area contributed by atoms with E-state index >= 15 is 0 Å². The number of rotatable bonds is 4. The predicted molar refractivity (Wildman–Crippen MR) is 114 cm³/mol. The van der Waals surface area contributed by atoms with Crippen molar-refractivity contribution in [3.8, 4) is 10.7 Å². The van der Waals surface area contributed by atoms with Crippen molar-refractivity contribution in [2.45, 2.75) is 63.2 Å². The highest BCUT2D eigenvalue weighted by Gasteiger charge is 2.33. The van der Waals surface area contributed by atoms with Gasteiger partial charge in [-0.2, -0.15) is 0 Å². The van der Waals surface area contributed by atoms with Gasteiger partial charge in [0.15, 0.2) is 0 Å². The summed E-state index contributed by atoms with van der Waals surface area (Å²) in [7, 11) is -3.30. The van der Waals surface area contributed by atoms with Crippen molar-refractivity contribution < 1.29 is 8.42 Å². The lowest BCUT2D eigenvalue weighted by atomic mass is 9.84. The summed E-state index contributed by atoms with van der Waals surface area (Å²) in [5.41, 5.74) is 4.08. The number of thiazole rings is 1. The van der Waals surface area contributed by atoms with Crippen molar-refractivity contribution in [2.24, 2.45) is 0 Å². The molecule has 0 bridgehead atoms. The molecule has 6 nitrogen and oxygen atoms in total. The Morgan fingerprint density at radius 3 is 2.57 bits per heavy atom. The summed E-state index contributed by atoms with van der Waals surface area (Å²) in [5.74, 6) is 0.410. The van der Waals surface area contributed by atoms with Gasteiger partial charge in [-0.25, -0.2) is 23.1 Å². The first-order chi connectivity index (χ1) is 13.2. The summed E-state index contributed by atoms with van der Waals surface area (Å²) in [6.45, 7) is 5.20. The zero-order valence-corrected chi connectivity index (χ0v) is 18.0. The van der Waals surface area contributed by atoms with Crippen LogP contribution in [0.25, 0.3) is 21.7 Å². The first-order valence-electron chi connectivity index (χ1n) is 9.64. The second-order valence-electron chi connectivity index (χ2n) is 8.47. The van der Waals surface area contributed by atoms with E-state index in [1.54, 1.807) is 38.3 Å². The number of aromatic nitrogens is 3. The number of H-pyrrole nitrogens is 1. The van der Waals surface area contributed by atoms with Crippen LogP contribution in [0.2, 0.25) is 0 Å². The van der Waals surface area contributed by atoms with Gasteiger partial charge in [0.25, 0.3) is 0 Å². The van der Waals surface area contributed by atoms with Gasteiger partial charge in [0.1, 0.15) is 5.01 Å². The lowest BCUT2D eigenvalue weighted by Crippen LogP contribution is -2.45. The average molecular weight is 419 g/mol. The van der Waals surface area contributed by atoms with E-state index in [2.05, 4.69) is 26.8 Å². The third kappa shape index (κ3) is 3.86. The molecule has 1 aliphatic carbocycles. The Bertz CT molecular complexity index is 1060. The SMILES string of the molecule is CC(C)(C)S(=O)(=O)N[C@H]1CC[C@H](c2cc3nc(-c4nccs4)ccc3[nH]2)CC1. The summed E-state index contributed by atoms with van der Waals surface area (Å²) in [6, 6.07) is 6.22. The fraction of sp³-hybridized carbons (Fsp3) is 0.500. The van der Waals surface area contributed by atoms with Crippen molar-refractivity contribution >= 4 is 32.4 Å². The number of sulfonamides is 1. The third-order valence-corrected chi connectivity index (χ3v) is 8.49. The van der Waals surface area contributed by atoms with Gasteiger partial charge in [-0.1, -0.05) is 0 Å². The van der Waals surface area contributed by atoms with Crippen LogP contribution in [0.1, 0.15) is 58.1 Å². The highest BCUT2D eigenvalue weighted by Crippen LogP contribution is 2.35. The highest BCUT2D eigenvalue weighted by atomic mass is 32.2. The van der Waals surface area contributed by atoms with Gasteiger partial charge in [0.05, 0.1) is 21.5 Å². The van der Waals surface area contributed by atoms with E-state index in [0.717, 1.165) is 47.4 Å². The minimum absolute atomic E-state index is 0.0273. The lowest BCUT2D eigenvalue weighted by molar-refractivity contribution is 0.368. The van der Waals surface area contributed by atoms with Crippen molar-refractivity contribution in [1.82, 2.24) is 19.7 Å². The van der Waals surface area contributed by atoms with Crippen LogP contribution in [0.15, 0.2) is 29.8 Å². The van der Waals surface area contributed by atoms with E-state index in [1.165, 1.54) is 5.69 Å². The van der Waals surface area contributed by atoms with E-state index in [-0.39, 0.29) is 6.04 Å². The average Bonchev–Trinajstić information content (AvgIpc) is 3.30. The predicted octanol–water partition coefficient (Wildman–Crippen LogP) is 4.43. The molecule has 8 heteroatoms. The molecule has 0 spiro atoms. The molecule has 150 valence electrons. The zero-order valence-electron chi connectivity index (χ0n) is 16.4. The quantitative estimate of drug-likeness (QED) is 0.656. The number of fused-ring (bicyclic) bond motifs is 1. The summed E-state index contributed by atoms with van der Waals surface area (Å²) in [4.78, 5) is 12.6. The maximum atomic E-state index is 12.4. The topological polar surface area (TPSA) is 87.7 Å². The molecule has 3 heterocycles. The van der Waals surface area contributed by atoms with Gasteiger partial charge >= 0.3 is 0 Å². The maximum absolute atomic E-state index is 12.4. The van der Waals surface area contributed by atoms with Crippen LogP contribution >= 0.6 is 11.3 Å². The Balaban J connectivity index is 1.45.